The topological polar surface area (TPSA) is 54.3 Å². The minimum atomic E-state index is -0.573. The summed E-state index contributed by atoms with van der Waals surface area (Å²) in [4.78, 5) is 0. The number of methoxy groups -OCH3 is 1. The van der Waals surface area contributed by atoms with Crippen LogP contribution in [0, 0.1) is 11.3 Å². The molecule has 0 saturated heterocycles. The summed E-state index contributed by atoms with van der Waals surface area (Å²) in [6, 6.07) is 5.37. The van der Waals surface area contributed by atoms with Crippen molar-refractivity contribution in [3.05, 3.63) is 27.7 Å². The van der Waals surface area contributed by atoms with Crippen molar-refractivity contribution < 1.29 is 9.47 Å². The zero-order valence-electron chi connectivity index (χ0n) is 10.9. The van der Waals surface area contributed by atoms with E-state index >= 15 is 0 Å². The van der Waals surface area contributed by atoms with Crippen molar-refractivity contribution >= 4 is 23.2 Å². The van der Waals surface area contributed by atoms with Crippen LogP contribution in [-0.2, 0) is 11.3 Å². The van der Waals surface area contributed by atoms with Gasteiger partial charge in [-0.1, -0.05) is 23.2 Å². The molecule has 0 aromatic heterocycles. The zero-order chi connectivity index (χ0) is 14.3. The van der Waals surface area contributed by atoms with Gasteiger partial charge in [0.25, 0.3) is 0 Å². The van der Waals surface area contributed by atoms with Crippen molar-refractivity contribution in [2.75, 3.05) is 20.3 Å². The van der Waals surface area contributed by atoms with Gasteiger partial charge in [-0.05, 0) is 19.1 Å². The molecule has 0 amide bonds. The van der Waals surface area contributed by atoms with Crippen molar-refractivity contribution in [3.8, 4) is 11.8 Å². The van der Waals surface area contributed by atoms with E-state index in [0.717, 1.165) is 5.56 Å². The van der Waals surface area contributed by atoms with Gasteiger partial charge in [0.05, 0.1) is 11.6 Å². The molecule has 104 valence electrons. The van der Waals surface area contributed by atoms with Crippen molar-refractivity contribution in [2.45, 2.75) is 19.6 Å². The molecule has 1 rings (SSSR count). The number of hydrogen-bond donors (Lipinski definition) is 1. The van der Waals surface area contributed by atoms with Crippen molar-refractivity contribution in [1.29, 1.82) is 5.26 Å². The number of nitrogens with zero attached hydrogens (tertiary/aromatic N) is 1. The second-order valence-corrected chi connectivity index (χ2v) is 4.78. The van der Waals surface area contributed by atoms with Crippen LogP contribution in [0.3, 0.4) is 0 Å². The Balaban J connectivity index is 2.84. The van der Waals surface area contributed by atoms with Gasteiger partial charge in [0.15, 0.2) is 6.10 Å². The number of nitrogens with one attached hydrogen (secondary N) is 1. The Morgan fingerprint density at radius 2 is 2.16 bits per heavy atom. The van der Waals surface area contributed by atoms with Gasteiger partial charge in [-0.2, -0.15) is 5.26 Å². The van der Waals surface area contributed by atoms with E-state index < -0.39 is 6.10 Å². The highest BCUT2D eigenvalue weighted by Crippen LogP contribution is 2.33. The van der Waals surface area contributed by atoms with Crippen LogP contribution >= 0.6 is 23.2 Å². The van der Waals surface area contributed by atoms with E-state index in [9.17, 15) is 0 Å². The molecule has 6 heteroatoms. The van der Waals surface area contributed by atoms with E-state index in [0.29, 0.717) is 35.5 Å². The fraction of sp³-hybridized carbons (Fsp3) is 0.462. The molecular weight excluding hydrogens is 287 g/mol. The van der Waals surface area contributed by atoms with Gasteiger partial charge in [0, 0.05) is 30.8 Å². The van der Waals surface area contributed by atoms with Gasteiger partial charge in [-0.15, -0.1) is 0 Å². The Labute approximate surface area is 123 Å². The molecule has 4 nitrogen and oxygen atoms in total. The van der Waals surface area contributed by atoms with Crippen LogP contribution in [0.4, 0.5) is 0 Å². The summed E-state index contributed by atoms with van der Waals surface area (Å²) in [5.74, 6) is 0.491. The largest absolute Gasteiger partial charge is 0.474 e. The van der Waals surface area contributed by atoms with E-state index in [4.69, 9.17) is 37.9 Å². The van der Waals surface area contributed by atoms with Gasteiger partial charge < -0.3 is 14.8 Å². The molecule has 0 fully saturated rings. The molecule has 0 aliphatic rings. The summed E-state index contributed by atoms with van der Waals surface area (Å²) < 4.78 is 10.5. The number of nitriles is 1. The van der Waals surface area contributed by atoms with E-state index in [2.05, 4.69) is 5.32 Å². The molecule has 0 heterocycles. The SMILES string of the molecule is COCCNCc1cc(Cl)cc(Cl)c1OC(C)C#N. The van der Waals surface area contributed by atoms with E-state index in [1.54, 1.807) is 26.2 Å². The smallest absolute Gasteiger partial charge is 0.181 e. The Hall–Kier alpha value is -0.990. The maximum Gasteiger partial charge on any atom is 0.181 e. The maximum atomic E-state index is 8.80. The van der Waals surface area contributed by atoms with Crippen molar-refractivity contribution in [3.63, 3.8) is 0 Å². The molecule has 1 atom stereocenters. The average Bonchev–Trinajstić information content (AvgIpc) is 2.38. The quantitative estimate of drug-likeness (QED) is 0.787. The number of halogens is 2. The first kappa shape index (κ1) is 16.1. The number of ether oxygens (including phenoxy) is 2. The summed E-state index contributed by atoms with van der Waals surface area (Å²) in [5, 5.41) is 12.9. The normalized spacial score (nSPS) is 11.9. The van der Waals surface area contributed by atoms with Gasteiger partial charge >= 0.3 is 0 Å². The minimum absolute atomic E-state index is 0.401. The summed E-state index contributed by atoms with van der Waals surface area (Å²) >= 11 is 12.1. The second-order valence-electron chi connectivity index (χ2n) is 3.93. The van der Waals surface area contributed by atoms with E-state index in [1.165, 1.54) is 0 Å². The van der Waals surface area contributed by atoms with Crippen LogP contribution in [-0.4, -0.2) is 26.4 Å². The van der Waals surface area contributed by atoms with Crippen LogP contribution in [0.2, 0.25) is 10.0 Å². The summed E-state index contributed by atoms with van der Waals surface area (Å²) in [6.07, 6.45) is -0.573. The fourth-order valence-electron chi connectivity index (χ4n) is 1.48. The number of rotatable bonds is 7. The highest BCUT2D eigenvalue weighted by molar-refractivity contribution is 6.35. The summed E-state index contributed by atoms with van der Waals surface area (Å²) in [7, 11) is 1.64. The number of benzene rings is 1. The Morgan fingerprint density at radius 1 is 1.42 bits per heavy atom. The lowest BCUT2D eigenvalue weighted by Crippen LogP contribution is -2.20. The minimum Gasteiger partial charge on any atom is -0.474 e. The zero-order valence-corrected chi connectivity index (χ0v) is 12.4. The average molecular weight is 303 g/mol. The number of hydrogen-bond acceptors (Lipinski definition) is 4. The third-order valence-electron chi connectivity index (χ3n) is 2.36. The maximum absolute atomic E-state index is 8.80. The first-order valence-electron chi connectivity index (χ1n) is 5.82. The molecule has 0 aliphatic carbocycles. The molecule has 1 aromatic carbocycles. The van der Waals surface area contributed by atoms with Crippen molar-refractivity contribution in [2.24, 2.45) is 0 Å². The van der Waals surface area contributed by atoms with E-state index in [-0.39, 0.29) is 0 Å². The van der Waals surface area contributed by atoms with Crippen LogP contribution in [0.15, 0.2) is 12.1 Å². The molecule has 1 N–H and O–H groups in total. The molecule has 0 aliphatic heterocycles. The highest BCUT2D eigenvalue weighted by Gasteiger charge is 2.13. The van der Waals surface area contributed by atoms with Crippen molar-refractivity contribution in [1.82, 2.24) is 5.32 Å². The van der Waals surface area contributed by atoms with Crippen LogP contribution in [0.5, 0.6) is 5.75 Å². The van der Waals surface area contributed by atoms with Gasteiger partial charge in [0.2, 0.25) is 0 Å². The van der Waals surface area contributed by atoms with Crippen LogP contribution in [0.1, 0.15) is 12.5 Å². The molecule has 0 bridgehead atoms. The Morgan fingerprint density at radius 3 is 2.79 bits per heavy atom. The monoisotopic (exact) mass is 302 g/mol. The van der Waals surface area contributed by atoms with Gasteiger partial charge in [-0.25, -0.2) is 0 Å². The third-order valence-corrected chi connectivity index (χ3v) is 2.86. The second kappa shape index (κ2) is 8.23. The standard InChI is InChI=1S/C13H16Cl2N2O2/c1-9(7-16)19-13-10(8-17-3-4-18-2)5-11(14)6-12(13)15/h5-6,9,17H,3-4,8H2,1-2H3. The van der Waals surface area contributed by atoms with Gasteiger partial charge in [0.1, 0.15) is 11.8 Å². The third kappa shape index (κ3) is 5.25. The van der Waals surface area contributed by atoms with Gasteiger partial charge in [-0.3, -0.25) is 0 Å². The summed E-state index contributed by atoms with van der Waals surface area (Å²) in [5.41, 5.74) is 0.815. The first-order chi connectivity index (χ1) is 9.08. The Bertz CT molecular complexity index is 461. The molecule has 19 heavy (non-hydrogen) atoms. The van der Waals surface area contributed by atoms with E-state index in [1.807, 2.05) is 6.07 Å². The molecule has 0 radical (unpaired) electrons. The molecule has 1 aromatic rings. The fourth-order valence-corrected chi connectivity index (χ4v) is 2.06. The first-order valence-corrected chi connectivity index (χ1v) is 6.58. The molecule has 0 saturated carbocycles. The summed E-state index contributed by atoms with van der Waals surface area (Å²) in [6.45, 7) is 3.51. The lowest BCUT2D eigenvalue weighted by atomic mass is 10.2. The lowest BCUT2D eigenvalue weighted by molar-refractivity contribution is 0.199. The van der Waals surface area contributed by atoms with Crippen LogP contribution < -0.4 is 10.1 Å². The predicted octanol–water partition coefficient (Wildman–Crippen LogP) is 3.02. The molecular formula is C13H16Cl2N2O2. The molecule has 1 unspecified atom stereocenters. The Kier molecular flexibility index (Phi) is 6.96. The molecule has 0 spiro atoms. The predicted molar refractivity (Wildman–Crippen MR) is 75.7 cm³/mol. The highest BCUT2D eigenvalue weighted by atomic mass is 35.5. The van der Waals surface area contributed by atoms with Crippen LogP contribution in [0.25, 0.3) is 0 Å². The lowest BCUT2D eigenvalue weighted by Gasteiger charge is -2.15.